The molecule has 30 heavy (non-hydrogen) atoms. The average Bonchev–Trinajstić information content (AvgIpc) is 3.21. The molecule has 0 atom stereocenters. The van der Waals surface area contributed by atoms with E-state index in [1.165, 1.54) is 11.3 Å². The number of aromatic nitrogens is 1. The molecule has 2 heterocycles. The summed E-state index contributed by atoms with van der Waals surface area (Å²) in [5, 5.41) is 13.1. The van der Waals surface area contributed by atoms with Crippen molar-refractivity contribution in [3.05, 3.63) is 69.6 Å². The first-order chi connectivity index (χ1) is 14.6. The summed E-state index contributed by atoms with van der Waals surface area (Å²) in [6.07, 6.45) is 0.295. The SMILES string of the molecule is O=C(Cc1csc(COc2ccc(Cl)cc2)n1)N1CCN(c2cccc(O)c2)CC1. The Balaban J connectivity index is 1.26. The third-order valence-electron chi connectivity index (χ3n) is 4.93. The lowest BCUT2D eigenvalue weighted by Crippen LogP contribution is -2.49. The van der Waals surface area contributed by atoms with Gasteiger partial charge >= 0.3 is 0 Å². The summed E-state index contributed by atoms with van der Waals surface area (Å²) in [4.78, 5) is 21.3. The Morgan fingerprint density at radius 2 is 1.90 bits per heavy atom. The molecule has 2 aromatic carbocycles. The molecular formula is C22H22ClN3O3S. The van der Waals surface area contributed by atoms with E-state index in [0.29, 0.717) is 31.1 Å². The molecule has 156 valence electrons. The first-order valence-electron chi connectivity index (χ1n) is 9.70. The minimum Gasteiger partial charge on any atom is -0.508 e. The molecule has 1 N–H and O–H groups in total. The molecule has 1 aromatic heterocycles. The average molecular weight is 444 g/mol. The first-order valence-corrected chi connectivity index (χ1v) is 11.0. The van der Waals surface area contributed by atoms with Gasteiger partial charge in [0.2, 0.25) is 5.91 Å². The van der Waals surface area contributed by atoms with E-state index in [1.807, 2.05) is 34.5 Å². The maximum Gasteiger partial charge on any atom is 0.228 e. The lowest BCUT2D eigenvalue weighted by Gasteiger charge is -2.36. The first kappa shape index (κ1) is 20.5. The van der Waals surface area contributed by atoms with E-state index in [9.17, 15) is 9.90 Å². The van der Waals surface area contributed by atoms with Gasteiger partial charge in [-0.2, -0.15) is 0 Å². The number of thiazole rings is 1. The largest absolute Gasteiger partial charge is 0.508 e. The second-order valence-corrected chi connectivity index (χ2v) is 8.42. The van der Waals surface area contributed by atoms with Crippen molar-refractivity contribution < 1.29 is 14.6 Å². The Kier molecular flexibility index (Phi) is 6.40. The number of nitrogens with zero attached hydrogens (tertiary/aromatic N) is 3. The van der Waals surface area contributed by atoms with Gasteiger partial charge in [0.25, 0.3) is 0 Å². The molecule has 1 saturated heterocycles. The summed E-state index contributed by atoms with van der Waals surface area (Å²) in [6.45, 7) is 3.16. The third-order valence-corrected chi connectivity index (χ3v) is 6.06. The van der Waals surface area contributed by atoms with Crippen LogP contribution in [0.3, 0.4) is 0 Å². The fourth-order valence-electron chi connectivity index (χ4n) is 3.34. The van der Waals surface area contributed by atoms with Crippen LogP contribution in [0.25, 0.3) is 0 Å². The van der Waals surface area contributed by atoms with Crippen molar-refractivity contribution >= 4 is 34.5 Å². The van der Waals surface area contributed by atoms with E-state index in [4.69, 9.17) is 16.3 Å². The number of carbonyl (C=O) groups excluding carboxylic acids is 1. The molecule has 0 spiro atoms. The molecule has 6 nitrogen and oxygen atoms in total. The predicted octanol–water partition coefficient (Wildman–Crippen LogP) is 3.97. The molecule has 0 unspecified atom stereocenters. The zero-order chi connectivity index (χ0) is 20.9. The number of carbonyl (C=O) groups is 1. The summed E-state index contributed by atoms with van der Waals surface area (Å²) < 4.78 is 5.71. The van der Waals surface area contributed by atoms with Crippen LogP contribution in [0.4, 0.5) is 5.69 Å². The molecule has 0 aliphatic carbocycles. The lowest BCUT2D eigenvalue weighted by atomic mass is 10.2. The highest BCUT2D eigenvalue weighted by Crippen LogP contribution is 2.22. The number of piperazine rings is 1. The van der Waals surface area contributed by atoms with Crippen LogP contribution in [0.2, 0.25) is 5.02 Å². The number of amides is 1. The van der Waals surface area contributed by atoms with Crippen LogP contribution >= 0.6 is 22.9 Å². The standard InChI is InChI=1S/C22H22ClN3O3S/c23-16-4-6-20(7-5-16)29-14-21-24-17(15-30-21)12-22(28)26-10-8-25(9-11-26)18-2-1-3-19(27)13-18/h1-7,13,15,27H,8-12,14H2. The molecule has 0 radical (unpaired) electrons. The Morgan fingerprint density at radius 1 is 1.13 bits per heavy atom. The number of phenolic OH excluding ortho intramolecular Hbond substituents is 1. The molecular weight excluding hydrogens is 422 g/mol. The number of rotatable bonds is 6. The molecule has 8 heteroatoms. The van der Waals surface area contributed by atoms with Crippen molar-refractivity contribution in [3.63, 3.8) is 0 Å². The van der Waals surface area contributed by atoms with E-state index < -0.39 is 0 Å². The predicted molar refractivity (Wildman–Crippen MR) is 119 cm³/mol. The molecule has 0 bridgehead atoms. The molecule has 1 amide bonds. The molecule has 1 aliphatic rings. The van der Waals surface area contributed by atoms with Crippen molar-refractivity contribution in [1.29, 1.82) is 0 Å². The maximum absolute atomic E-state index is 12.7. The summed E-state index contributed by atoms with van der Waals surface area (Å²) in [6, 6.07) is 14.4. The quantitative estimate of drug-likeness (QED) is 0.624. The summed E-state index contributed by atoms with van der Waals surface area (Å²) in [7, 11) is 0. The van der Waals surface area contributed by atoms with Crippen molar-refractivity contribution in [1.82, 2.24) is 9.88 Å². The number of benzene rings is 2. The van der Waals surface area contributed by atoms with Crippen LogP contribution < -0.4 is 9.64 Å². The third kappa shape index (κ3) is 5.23. The number of hydrogen-bond donors (Lipinski definition) is 1. The van der Waals surface area contributed by atoms with Gasteiger partial charge in [0, 0.05) is 48.3 Å². The van der Waals surface area contributed by atoms with E-state index in [2.05, 4.69) is 9.88 Å². The molecule has 3 aromatic rings. The summed E-state index contributed by atoms with van der Waals surface area (Å²) in [5.41, 5.74) is 1.75. The van der Waals surface area contributed by atoms with Gasteiger partial charge in [-0.05, 0) is 36.4 Å². The van der Waals surface area contributed by atoms with Crippen LogP contribution in [0.15, 0.2) is 53.9 Å². The van der Waals surface area contributed by atoms with Crippen molar-refractivity contribution in [2.45, 2.75) is 13.0 Å². The van der Waals surface area contributed by atoms with E-state index >= 15 is 0 Å². The normalized spacial score (nSPS) is 14.0. The molecule has 0 saturated carbocycles. The highest BCUT2D eigenvalue weighted by atomic mass is 35.5. The molecule has 4 rings (SSSR count). The number of phenols is 1. The number of anilines is 1. The summed E-state index contributed by atoms with van der Waals surface area (Å²) >= 11 is 7.37. The molecule has 1 fully saturated rings. The number of halogens is 1. The minimum atomic E-state index is 0.0843. The second kappa shape index (κ2) is 9.36. The zero-order valence-electron chi connectivity index (χ0n) is 16.3. The Labute approximate surface area is 184 Å². The Morgan fingerprint density at radius 3 is 2.63 bits per heavy atom. The van der Waals surface area contributed by atoms with Gasteiger partial charge in [-0.3, -0.25) is 4.79 Å². The number of hydrogen-bond acceptors (Lipinski definition) is 6. The van der Waals surface area contributed by atoms with Crippen LogP contribution in [0, 0.1) is 0 Å². The van der Waals surface area contributed by atoms with Gasteiger partial charge in [-0.1, -0.05) is 17.7 Å². The highest BCUT2D eigenvalue weighted by Gasteiger charge is 2.22. The maximum atomic E-state index is 12.7. The van der Waals surface area contributed by atoms with Crippen LogP contribution in [-0.2, 0) is 17.8 Å². The van der Waals surface area contributed by atoms with E-state index in [1.54, 1.807) is 24.3 Å². The smallest absolute Gasteiger partial charge is 0.228 e. The Hall–Kier alpha value is -2.77. The Bertz CT molecular complexity index is 1000. The van der Waals surface area contributed by atoms with Crippen LogP contribution in [0.1, 0.15) is 10.7 Å². The fraction of sp³-hybridized carbons (Fsp3) is 0.273. The minimum absolute atomic E-state index is 0.0843. The van der Waals surface area contributed by atoms with Crippen molar-refractivity contribution in [2.75, 3.05) is 31.1 Å². The van der Waals surface area contributed by atoms with E-state index in [-0.39, 0.29) is 11.7 Å². The second-order valence-electron chi connectivity index (χ2n) is 7.04. The highest BCUT2D eigenvalue weighted by molar-refractivity contribution is 7.09. The van der Waals surface area contributed by atoms with Crippen LogP contribution in [0.5, 0.6) is 11.5 Å². The number of ether oxygens (including phenoxy) is 1. The van der Waals surface area contributed by atoms with E-state index in [0.717, 1.165) is 35.2 Å². The van der Waals surface area contributed by atoms with Crippen molar-refractivity contribution in [2.24, 2.45) is 0 Å². The molecule has 1 aliphatic heterocycles. The monoisotopic (exact) mass is 443 g/mol. The van der Waals surface area contributed by atoms with Gasteiger partial charge in [0.1, 0.15) is 23.1 Å². The zero-order valence-corrected chi connectivity index (χ0v) is 17.9. The number of aromatic hydroxyl groups is 1. The summed E-state index contributed by atoms with van der Waals surface area (Å²) in [5.74, 6) is 1.07. The van der Waals surface area contributed by atoms with Gasteiger partial charge in [-0.15, -0.1) is 11.3 Å². The van der Waals surface area contributed by atoms with Gasteiger partial charge in [0.05, 0.1) is 12.1 Å². The van der Waals surface area contributed by atoms with Crippen molar-refractivity contribution in [3.8, 4) is 11.5 Å². The topological polar surface area (TPSA) is 65.9 Å². The van der Waals surface area contributed by atoms with Gasteiger partial charge in [0.15, 0.2) is 0 Å². The van der Waals surface area contributed by atoms with Gasteiger partial charge in [-0.25, -0.2) is 4.98 Å². The lowest BCUT2D eigenvalue weighted by molar-refractivity contribution is -0.130. The van der Waals surface area contributed by atoms with Gasteiger partial charge < -0.3 is 19.6 Å². The fourth-order valence-corrected chi connectivity index (χ4v) is 4.17. The van der Waals surface area contributed by atoms with Crippen LogP contribution in [-0.4, -0.2) is 47.1 Å².